The van der Waals surface area contributed by atoms with Gasteiger partial charge < -0.3 is 15.7 Å². The maximum absolute atomic E-state index is 11.6. The third-order valence-electron chi connectivity index (χ3n) is 3.03. The minimum Gasteiger partial charge on any atom is -0.393 e. The van der Waals surface area contributed by atoms with Gasteiger partial charge in [-0.1, -0.05) is 0 Å². The summed E-state index contributed by atoms with van der Waals surface area (Å²) in [5.41, 5.74) is 0.874. The molecule has 0 saturated heterocycles. The fourth-order valence-corrected chi connectivity index (χ4v) is 2.02. The van der Waals surface area contributed by atoms with Gasteiger partial charge in [-0.15, -0.1) is 0 Å². The SMILES string of the molecule is O=C(NCc1ccn[nH]1)NC1CCC(O)CC1. The quantitative estimate of drug-likeness (QED) is 0.618. The van der Waals surface area contributed by atoms with E-state index in [1.807, 2.05) is 6.07 Å². The predicted molar refractivity (Wildman–Crippen MR) is 62.2 cm³/mol. The summed E-state index contributed by atoms with van der Waals surface area (Å²) in [5.74, 6) is 0. The van der Waals surface area contributed by atoms with Crippen LogP contribution in [0.15, 0.2) is 12.3 Å². The second kappa shape index (κ2) is 5.67. The Labute approximate surface area is 99.8 Å². The lowest BCUT2D eigenvalue weighted by Gasteiger charge is -2.26. The summed E-state index contributed by atoms with van der Waals surface area (Å²) in [5, 5.41) is 21.6. The second-order valence-electron chi connectivity index (χ2n) is 4.41. The summed E-state index contributed by atoms with van der Waals surface area (Å²) in [6.45, 7) is 0.446. The zero-order chi connectivity index (χ0) is 12.1. The van der Waals surface area contributed by atoms with E-state index in [0.29, 0.717) is 6.54 Å². The molecule has 17 heavy (non-hydrogen) atoms. The zero-order valence-corrected chi connectivity index (χ0v) is 9.65. The number of nitrogens with one attached hydrogen (secondary N) is 3. The van der Waals surface area contributed by atoms with Gasteiger partial charge in [-0.05, 0) is 31.7 Å². The highest BCUT2D eigenvalue weighted by atomic mass is 16.3. The van der Waals surface area contributed by atoms with E-state index in [0.717, 1.165) is 31.4 Å². The first-order chi connectivity index (χ1) is 8.24. The molecule has 1 heterocycles. The Hall–Kier alpha value is -1.56. The lowest BCUT2D eigenvalue weighted by atomic mass is 9.93. The average Bonchev–Trinajstić information content (AvgIpc) is 2.83. The van der Waals surface area contributed by atoms with Crippen LogP contribution in [0.3, 0.4) is 0 Å². The van der Waals surface area contributed by atoms with Crippen molar-refractivity contribution in [1.82, 2.24) is 20.8 Å². The first-order valence-electron chi connectivity index (χ1n) is 5.94. The molecule has 2 amide bonds. The summed E-state index contributed by atoms with van der Waals surface area (Å²) in [6, 6.07) is 1.83. The van der Waals surface area contributed by atoms with Gasteiger partial charge in [0, 0.05) is 12.2 Å². The van der Waals surface area contributed by atoms with Gasteiger partial charge >= 0.3 is 6.03 Å². The van der Waals surface area contributed by atoms with Gasteiger partial charge in [0.25, 0.3) is 0 Å². The molecule has 6 nitrogen and oxygen atoms in total. The molecule has 6 heteroatoms. The van der Waals surface area contributed by atoms with E-state index >= 15 is 0 Å². The Morgan fingerprint density at radius 2 is 2.24 bits per heavy atom. The number of hydrogen-bond acceptors (Lipinski definition) is 3. The number of H-pyrrole nitrogens is 1. The Balaban J connectivity index is 1.67. The van der Waals surface area contributed by atoms with Crippen LogP contribution in [0.1, 0.15) is 31.4 Å². The number of urea groups is 1. The highest BCUT2D eigenvalue weighted by Crippen LogP contribution is 2.17. The minimum atomic E-state index is -0.193. The van der Waals surface area contributed by atoms with Crippen LogP contribution in [0.2, 0.25) is 0 Å². The number of aliphatic hydroxyl groups excluding tert-OH is 1. The fraction of sp³-hybridized carbons (Fsp3) is 0.636. The molecule has 0 spiro atoms. The number of carbonyl (C=O) groups is 1. The van der Waals surface area contributed by atoms with Gasteiger partial charge in [-0.3, -0.25) is 5.10 Å². The van der Waals surface area contributed by atoms with Crippen LogP contribution in [0.5, 0.6) is 0 Å². The van der Waals surface area contributed by atoms with Crippen molar-refractivity contribution in [3.05, 3.63) is 18.0 Å². The first-order valence-corrected chi connectivity index (χ1v) is 5.94. The van der Waals surface area contributed by atoms with E-state index in [9.17, 15) is 9.90 Å². The van der Waals surface area contributed by atoms with E-state index in [1.165, 1.54) is 0 Å². The molecule has 0 bridgehead atoms. The number of aromatic amines is 1. The average molecular weight is 238 g/mol. The molecule has 1 aliphatic carbocycles. The van der Waals surface area contributed by atoms with E-state index in [1.54, 1.807) is 6.20 Å². The molecular weight excluding hydrogens is 220 g/mol. The molecule has 1 fully saturated rings. The molecule has 1 aromatic heterocycles. The van der Waals surface area contributed by atoms with E-state index in [4.69, 9.17) is 0 Å². The van der Waals surface area contributed by atoms with Crippen molar-refractivity contribution in [2.75, 3.05) is 0 Å². The molecule has 0 unspecified atom stereocenters. The van der Waals surface area contributed by atoms with Gasteiger partial charge in [0.2, 0.25) is 0 Å². The molecule has 1 aliphatic rings. The number of amides is 2. The van der Waals surface area contributed by atoms with Crippen LogP contribution in [0.4, 0.5) is 4.79 Å². The number of hydrogen-bond donors (Lipinski definition) is 4. The molecule has 0 aliphatic heterocycles. The monoisotopic (exact) mass is 238 g/mol. The van der Waals surface area contributed by atoms with Crippen molar-refractivity contribution in [3.63, 3.8) is 0 Å². The van der Waals surface area contributed by atoms with Gasteiger partial charge in [0.15, 0.2) is 0 Å². The largest absolute Gasteiger partial charge is 0.393 e. The van der Waals surface area contributed by atoms with E-state index < -0.39 is 0 Å². The van der Waals surface area contributed by atoms with Crippen molar-refractivity contribution in [1.29, 1.82) is 0 Å². The molecule has 2 rings (SSSR count). The summed E-state index contributed by atoms with van der Waals surface area (Å²) < 4.78 is 0. The van der Waals surface area contributed by atoms with E-state index in [-0.39, 0.29) is 18.2 Å². The van der Waals surface area contributed by atoms with Gasteiger partial charge in [0.1, 0.15) is 0 Å². The standard InChI is InChI=1S/C11H18N4O2/c16-10-3-1-8(2-4-10)14-11(17)12-7-9-5-6-13-15-9/h5-6,8,10,16H,1-4,7H2,(H,13,15)(H2,12,14,17). The van der Waals surface area contributed by atoms with Crippen molar-refractivity contribution in [2.45, 2.75) is 44.4 Å². The number of aliphatic hydroxyl groups is 1. The maximum atomic E-state index is 11.6. The highest BCUT2D eigenvalue weighted by molar-refractivity contribution is 5.74. The number of aromatic nitrogens is 2. The molecule has 1 aromatic rings. The minimum absolute atomic E-state index is 0.166. The summed E-state index contributed by atoms with van der Waals surface area (Å²) in [4.78, 5) is 11.6. The number of nitrogens with zero attached hydrogens (tertiary/aromatic N) is 1. The Bertz CT molecular complexity index is 344. The Kier molecular flexibility index (Phi) is 3.98. The Morgan fingerprint density at radius 3 is 2.88 bits per heavy atom. The van der Waals surface area contributed by atoms with Crippen LogP contribution in [-0.4, -0.2) is 33.5 Å². The smallest absolute Gasteiger partial charge is 0.315 e. The van der Waals surface area contributed by atoms with Crippen LogP contribution in [-0.2, 0) is 6.54 Å². The molecule has 1 saturated carbocycles. The zero-order valence-electron chi connectivity index (χ0n) is 9.65. The molecule has 0 atom stereocenters. The first kappa shape index (κ1) is 11.9. The molecule has 94 valence electrons. The van der Waals surface area contributed by atoms with Crippen LogP contribution in [0.25, 0.3) is 0 Å². The predicted octanol–water partition coefficient (Wildman–Crippen LogP) is 0.512. The maximum Gasteiger partial charge on any atom is 0.315 e. The number of rotatable bonds is 3. The van der Waals surface area contributed by atoms with Crippen molar-refractivity contribution >= 4 is 6.03 Å². The molecule has 0 aromatic carbocycles. The normalized spacial score (nSPS) is 24.3. The summed E-state index contributed by atoms with van der Waals surface area (Å²) in [6.07, 6.45) is 4.69. The van der Waals surface area contributed by atoms with Gasteiger partial charge in [0.05, 0.1) is 18.3 Å². The fourth-order valence-electron chi connectivity index (χ4n) is 2.02. The lowest BCUT2D eigenvalue weighted by molar-refractivity contribution is 0.117. The summed E-state index contributed by atoms with van der Waals surface area (Å²) in [7, 11) is 0. The van der Waals surface area contributed by atoms with Crippen LogP contribution >= 0.6 is 0 Å². The summed E-state index contributed by atoms with van der Waals surface area (Å²) >= 11 is 0. The van der Waals surface area contributed by atoms with Gasteiger partial charge in [-0.25, -0.2) is 4.79 Å². The third-order valence-corrected chi connectivity index (χ3v) is 3.03. The van der Waals surface area contributed by atoms with Crippen molar-refractivity contribution < 1.29 is 9.90 Å². The molecule has 4 N–H and O–H groups in total. The Morgan fingerprint density at radius 1 is 1.47 bits per heavy atom. The van der Waals surface area contributed by atoms with E-state index in [2.05, 4.69) is 20.8 Å². The van der Waals surface area contributed by atoms with Crippen LogP contribution in [0, 0.1) is 0 Å². The molecule has 0 radical (unpaired) electrons. The van der Waals surface area contributed by atoms with Crippen molar-refractivity contribution in [3.8, 4) is 0 Å². The van der Waals surface area contributed by atoms with Crippen LogP contribution < -0.4 is 10.6 Å². The highest BCUT2D eigenvalue weighted by Gasteiger charge is 2.20. The topological polar surface area (TPSA) is 90.0 Å². The second-order valence-corrected chi connectivity index (χ2v) is 4.41. The third kappa shape index (κ3) is 3.74. The number of carbonyl (C=O) groups excluding carboxylic acids is 1. The van der Waals surface area contributed by atoms with Crippen molar-refractivity contribution in [2.24, 2.45) is 0 Å². The lowest BCUT2D eigenvalue weighted by Crippen LogP contribution is -2.43. The molecular formula is C11H18N4O2. The van der Waals surface area contributed by atoms with Gasteiger partial charge in [-0.2, -0.15) is 5.10 Å².